The fourth-order valence-corrected chi connectivity index (χ4v) is 3.31. The molecule has 3 rings (SSSR count). The second-order valence-electron chi connectivity index (χ2n) is 5.37. The van der Waals surface area contributed by atoms with Gasteiger partial charge in [0.25, 0.3) is 0 Å². The van der Waals surface area contributed by atoms with Gasteiger partial charge in [-0.05, 0) is 75.7 Å². The van der Waals surface area contributed by atoms with Crippen molar-refractivity contribution < 1.29 is 0 Å². The molecule has 0 nitrogen and oxygen atoms in total. The molecule has 3 aromatic rings. The molecule has 0 aliphatic carbocycles. The Hall–Kier alpha value is -1.82. The topological polar surface area (TPSA) is 0 Å². The number of aryl methyl sites for hydroxylation is 2. The zero-order chi connectivity index (χ0) is 14.1. The minimum absolute atomic E-state index is 1.07. The average molecular weight is 261 g/mol. The van der Waals surface area contributed by atoms with E-state index >= 15 is 0 Å². The Labute approximate surface area is 121 Å². The molecule has 0 aliphatic heterocycles. The lowest BCUT2D eigenvalue weighted by molar-refractivity contribution is 0.992. The summed E-state index contributed by atoms with van der Waals surface area (Å²) in [6.45, 7) is 6.76. The third-order valence-electron chi connectivity index (χ3n) is 4.29. The Morgan fingerprint density at radius 1 is 0.800 bits per heavy atom. The van der Waals surface area contributed by atoms with E-state index in [2.05, 4.69) is 63.2 Å². The first-order chi connectivity index (χ1) is 9.78. The van der Waals surface area contributed by atoms with Gasteiger partial charge in [0, 0.05) is 0 Å². The Kier molecular flexibility index (Phi) is 3.48. The van der Waals surface area contributed by atoms with Gasteiger partial charge in [0.05, 0.1) is 0 Å². The number of fused-ring (bicyclic) bond motifs is 2. The van der Waals surface area contributed by atoms with Gasteiger partial charge in [0.1, 0.15) is 0 Å². The first-order valence-electron chi connectivity index (χ1n) is 7.66. The molecule has 0 spiro atoms. The highest BCUT2D eigenvalue weighted by Gasteiger charge is 2.11. The van der Waals surface area contributed by atoms with E-state index in [1.165, 1.54) is 38.2 Å². The molecule has 0 heterocycles. The molecule has 0 aromatic heterocycles. The van der Waals surface area contributed by atoms with Crippen LogP contribution in [0, 0.1) is 6.07 Å². The van der Waals surface area contributed by atoms with Gasteiger partial charge >= 0.3 is 0 Å². The van der Waals surface area contributed by atoms with Crippen LogP contribution in [0.15, 0.2) is 36.4 Å². The molecule has 0 bridgehead atoms. The maximum absolute atomic E-state index is 3.66. The Balaban J connectivity index is 2.44. The van der Waals surface area contributed by atoms with Crippen LogP contribution in [-0.2, 0) is 19.3 Å². The van der Waals surface area contributed by atoms with Gasteiger partial charge in [-0.25, -0.2) is 0 Å². The highest BCUT2D eigenvalue weighted by molar-refractivity contribution is 6.00. The van der Waals surface area contributed by atoms with Crippen molar-refractivity contribution in [1.82, 2.24) is 0 Å². The first kappa shape index (κ1) is 13.2. The van der Waals surface area contributed by atoms with Crippen LogP contribution in [0.3, 0.4) is 0 Å². The third kappa shape index (κ3) is 2.00. The van der Waals surface area contributed by atoms with E-state index in [0.29, 0.717) is 0 Å². The second kappa shape index (κ2) is 5.28. The highest BCUT2D eigenvalue weighted by Crippen LogP contribution is 2.30. The van der Waals surface area contributed by atoms with Crippen molar-refractivity contribution in [2.24, 2.45) is 0 Å². The van der Waals surface area contributed by atoms with E-state index in [9.17, 15) is 0 Å². The normalized spacial score (nSPS) is 11.3. The maximum atomic E-state index is 3.66. The molecule has 20 heavy (non-hydrogen) atoms. The zero-order valence-electron chi connectivity index (χ0n) is 12.6. The zero-order valence-corrected chi connectivity index (χ0v) is 12.6. The summed E-state index contributed by atoms with van der Waals surface area (Å²) < 4.78 is 0. The summed E-state index contributed by atoms with van der Waals surface area (Å²) in [5.74, 6) is 0. The Morgan fingerprint density at radius 2 is 1.45 bits per heavy atom. The molecule has 0 atom stereocenters. The smallest absolute Gasteiger partial charge is 0.00611 e. The summed E-state index contributed by atoms with van der Waals surface area (Å²) in [5, 5.41) is 5.30. The van der Waals surface area contributed by atoms with Crippen molar-refractivity contribution in [3.8, 4) is 0 Å². The first-order valence-corrected chi connectivity index (χ1v) is 7.66. The summed E-state index contributed by atoms with van der Waals surface area (Å²) in [7, 11) is 0. The highest BCUT2D eigenvalue weighted by atomic mass is 14.1. The van der Waals surface area contributed by atoms with E-state index in [0.717, 1.165) is 19.3 Å². The lowest BCUT2D eigenvalue weighted by Crippen LogP contribution is -1.99. The molecule has 0 saturated carbocycles. The van der Waals surface area contributed by atoms with Gasteiger partial charge in [-0.15, -0.1) is 0 Å². The van der Waals surface area contributed by atoms with E-state index in [-0.39, 0.29) is 0 Å². The van der Waals surface area contributed by atoms with Crippen molar-refractivity contribution in [1.29, 1.82) is 0 Å². The van der Waals surface area contributed by atoms with Gasteiger partial charge < -0.3 is 0 Å². The van der Waals surface area contributed by atoms with E-state index in [4.69, 9.17) is 0 Å². The van der Waals surface area contributed by atoms with Crippen molar-refractivity contribution >= 4 is 21.5 Å². The third-order valence-corrected chi connectivity index (χ3v) is 4.29. The molecule has 0 amide bonds. The van der Waals surface area contributed by atoms with Crippen LogP contribution < -0.4 is 0 Å². The van der Waals surface area contributed by atoms with Gasteiger partial charge in [0.2, 0.25) is 0 Å². The molecular formula is C20H21. The summed E-state index contributed by atoms with van der Waals surface area (Å²) in [6.07, 6.45) is 3.27. The summed E-state index contributed by atoms with van der Waals surface area (Å²) in [4.78, 5) is 0. The van der Waals surface area contributed by atoms with Crippen LogP contribution in [0.2, 0.25) is 0 Å². The SMILES string of the molecule is CCc1[c]c2cc3ccccc3cc2c(CC)c1CC. The fraction of sp³-hybridized carbons (Fsp3) is 0.300. The van der Waals surface area contributed by atoms with Gasteiger partial charge in [-0.1, -0.05) is 45.0 Å². The van der Waals surface area contributed by atoms with Crippen LogP contribution in [0.4, 0.5) is 0 Å². The van der Waals surface area contributed by atoms with Crippen LogP contribution in [0.1, 0.15) is 37.5 Å². The van der Waals surface area contributed by atoms with Crippen molar-refractivity contribution in [2.75, 3.05) is 0 Å². The minimum Gasteiger partial charge on any atom is -0.0616 e. The molecule has 1 radical (unpaired) electrons. The van der Waals surface area contributed by atoms with E-state index < -0.39 is 0 Å². The summed E-state index contributed by atoms with van der Waals surface area (Å²) >= 11 is 0. The van der Waals surface area contributed by atoms with E-state index in [1.807, 2.05) is 0 Å². The van der Waals surface area contributed by atoms with Gasteiger partial charge in [-0.2, -0.15) is 0 Å². The monoisotopic (exact) mass is 261 g/mol. The largest absolute Gasteiger partial charge is 0.0616 e. The Morgan fingerprint density at radius 3 is 2.05 bits per heavy atom. The molecule has 0 unspecified atom stereocenters. The van der Waals surface area contributed by atoms with Crippen molar-refractivity contribution in [3.05, 3.63) is 59.2 Å². The number of rotatable bonds is 3. The van der Waals surface area contributed by atoms with Crippen molar-refractivity contribution in [2.45, 2.75) is 40.0 Å². The van der Waals surface area contributed by atoms with Gasteiger partial charge in [0.15, 0.2) is 0 Å². The predicted octanol–water partition coefficient (Wildman–Crippen LogP) is 5.48. The van der Waals surface area contributed by atoms with E-state index in [1.54, 1.807) is 0 Å². The van der Waals surface area contributed by atoms with Crippen LogP contribution >= 0.6 is 0 Å². The van der Waals surface area contributed by atoms with Crippen LogP contribution in [0.25, 0.3) is 21.5 Å². The predicted molar refractivity (Wildman–Crippen MR) is 88.4 cm³/mol. The molecule has 3 aromatic carbocycles. The second-order valence-corrected chi connectivity index (χ2v) is 5.37. The molecule has 0 aliphatic rings. The van der Waals surface area contributed by atoms with Gasteiger partial charge in [-0.3, -0.25) is 0 Å². The molecular weight excluding hydrogens is 240 g/mol. The fourth-order valence-electron chi connectivity index (χ4n) is 3.31. The molecule has 0 saturated heterocycles. The summed E-state index contributed by atoms with van der Waals surface area (Å²) in [6, 6.07) is 16.9. The quantitative estimate of drug-likeness (QED) is 0.548. The Bertz CT molecular complexity index is 766. The van der Waals surface area contributed by atoms with Crippen LogP contribution in [-0.4, -0.2) is 0 Å². The standard InChI is InChI=1S/C20H21/c1-4-14-11-17-12-15-9-7-8-10-16(15)13-20(17)19(6-3)18(14)5-2/h7-10,12-13H,4-6H2,1-3H3. The maximum Gasteiger partial charge on any atom is -0.00611 e. The number of hydrogen-bond donors (Lipinski definition) is 0. The molecule has 0 heteroatoms. The number of benzene rings is 3. The minimum atomic E-state index is 1.07. The van der Waals surface area contributed by atoms with Crippen molar-refractivity contribution in [3.63, 3.8) is 0 Å². The average Bonchev–Trinajstić information content (AvgIpc) is 2.50. The lowest BCUT2D eigenvalue weighted by Gasteiger charge is -2.15. The number of hydrogen-bond acceptors (Lipinski definition) is 0. The lowest BCUT2D eigenvalue weighted by atomic mass is 9.89. The molecule has 0 N–H and O–H groups in total. The van der Waals surface area contributed by atoms with Crippen LogP contribution in [0.5, 0.6) is 0 Å². The molecule has 101 valence electrons. The summed E-state index contributed by atoms with van der Waals surface area (Å²) in [5.41, 5.74) is 4.42. The molecule has 0 fully saturated rings.